The third kappa shape index (κ3) is 4.86. The van der Waals surface area contributed by atoms with Crippen molar-refractivity contribution in [2.45, 2.75) is 25.5 Å². The number of allylic oxidation sites excluding steroid dienone is 1. The van der Waals surface area contributed by atoms with Crippen molar-refractivity contribution in [3.63, 3.8) is 0 Å². The van der Waals surface area contributed by atoms with Gasteiger partial charge in [0.05, 0.1) is 12.9 Å². The van der Waals surface area contributed by atoms with E-state index in [0.717, 1.165) is 28.1 Å². The van der Waals surface area contributed by atoms with Crippen molar-refractivity contribution in [2.75, 3.05) is 18.2 Å². The molecular weight excluding hydrogens is 384 g/mol. The highest BCUT2D eigenvalue weighted by atomic mass is 32.2. The average molecular weight is 409 g/mol. The van der Waals surface area contributed by atoms with Crippen molar-refractivity contribution in [1.82, 2.24) is 14.8 Å². The molecule has 0 saturated carbocycles. The molecule has 1 aromatic heterocycles. The Bertz CT molecular complexity index is 1030. The number of thioether (sulfide) groups is 1. The zero-order valence-corrected chi connectivity index (χ0v) is 17.6. The molecule has 150 valence electrons. The number of hydrogen-bond donors (Lipinski definition) is 1. The van der Waals surface area contributed by atoms with Crippen LogP contribution in [-0.4, -0.2) is 33.5 Å². The van der Waals surface area contributed by atoms with Gasteiger partial charge in [-0.15, -0.1) is 16.8 Å². The number of aromatic nitrogens is 3. The number of benzene rings is 2. The van der Waals surface area contributed by atoms with Gasteiger partial charge in [-0.25, -0.2) is 0 Å². The van der Waals surface area contributed by atoms with E-state index in [1.54, 1.807) is 13.2 Å². The number of rotatable bonds is 8. The average Bonchev–Trinajstić information content (AvgIpc) is 3.13. The monoisotopic (exact) mass is 408 g/mol. The van der Waals surface area contributed by atoms with Crippen LogP contribution in [-0.2, 0) is 11.3 Å². The third-order valence-corrected chi connectivity index (χ3v) is 5.53. The molecule has 1 heterocycles. The van der Waals surface area contributed by atoms with E-state index in [1.807, 2.05) is 60.9 Å². The summed E-state index contributed by atoms with van der Waals surface area (Å²) in [5.74, 6) is 1.61. The van der Waals surface area contributed by atoms with Gasteiger partial charge in [0.15, 0.2) is 11.0 Å². The van der Waals surface area contributed by atoms with Crippen LogP contribution in [0.15, 0.2) is 60.3 Å². The first-order chi connectivity index (χ1) is 14.0. The third-order valence-electron chi connectivity index (χ3n) is 4.57. The number of aryl methyl sites for hydroxylation is 1. The molecule has 1 N–H and O–H groups in total. The molecule has 1 amide bonds. The first-order valence-corrected chi connectivity index (χ1v) is 10.2. The van der Waals surface area contributed by atoms with Crippen LogP contribution < -0.4 is 10.1 Å². The maximum absolute atomic E-state index is 12.5. The van der Waals surface area contributed by atoms with Gasteiger partial charge in [0.2, 0.25) is 5.91 Å². The summed E-state index contributed by atoms with van der Waals surface area (Å²) in [6.07, 6.45) is 1.78. The smallest absolute Gasteiger partial charge is 0.234 e. The zero-order chi connectivity index (χ0) is 20.8. The van der Waals surface area contributed by atoms with E-state index >= 15 is 0 Å². The van der Waals surface area contributed by atoms with E-state index in [1.165, 1.54) is 11.8 Å². The van der Waals surface area contributed by atoms with E-state index in [-0.39, 0.29) is 11.7 Å². The van der Waals surface area contributed by atoms with Gasteiger partial charge >= 0.3 is 0 Å². The summed E-state index contributed by atoms with van der Waals surface area (Å²) in [6.45, 7) is 8.39. The molecule has 0 bridgehead atoms. The predicted molar refractivity (Wildman–Crippen MR) is 117 cm³/mol. The maximum atomic E-state index is 12.5. The van der Waals surface area contributed by atoms with Crippen LogP contribution in [0.1, 0.15) is 11.1 Å². The summed E-state index contributed by atoms with van der Waals surface area (Å²) in [7, 11) is 1.63. The minimum absolute atomic E-state index is 0.0835. The number of anilines is 1. The van der Waals surface area contributed by atoms with E-state index in [2.05, 4.69) is 22.1 Å². The lowest BCUT2D eigenvalue weighted by Gasteiger charge is -2.11. The molecule has 0 aliphatic heterocycles. The van der Waals surface area contributed by atoms with Crippen molar-refractivity contribution >= 4 is 23.4 Å². The van der Waals surface area contributed by atoms with E-state index in [4.69, 9.17) is 4.74 Å². The number of carbonyl (C=O) groups is 1. The number of nitrogens with zero attached hydrogens (tertiary/aromatic N) is 3. The molecular formula is C22H24N4O2S. The minimum Gasteiger partial charge on any atom is -0.497 e. The van der Waals surface area contributed by atoms with E-state index in [9.17, 15) is 4.79 Å². The first kappa shape index (κ1) is 20.7. The van der Waals surface area contributed by atoms with Crippen LogP contribution in [0.2, 0.25) is 0 Å². The topological polar surface area (TPSA) is 69.0 Å². The molecule has 0 saturated heterocycles. The largest absolute Gasteiger partial charge is 0.497 e. The van der Waals surface area contributed by atoms with E-state index < -0.39 is 0 Å². The zero-order valence-electron chi connectivity index (χ0n) is 16.8. The fourth-order valence-electron chi connectivity index (χ4n) is 2.87. The number of carbonyl (C=O) groups excluding carboxylic acids is 1. The minimum atomic E-state index is -0.0835. The molecule has 0 fully saturated rings. The Balaban J connectivity index is 1.75. The number of ether oxygens (including phenoxy) is 1. The summed E-state index contributed by atoms with van der Waals surface area (Å²) < 4.78 is 7.24. The second-order valence-electron chi connectivity index (χ2n) is 6.52. The predicted octanol–water partition coefficient (Wildman–Crippen LogP) is 4.49. The summed E-state index contributed by atoms with van der Waals surface area (Å²) in [5.41, 5.74) is 3.94. The van der Waals surface area contributed by atoms with Gasteiger partial charge in [-0.1, -0.05) is 42.1 Å². The van der Waals surface area contributed by atoms with Crippen LogP contribution in [0.4, 0.5) is 5.69 Å². The van der Waals surface area contributed by atoms with Crippen LogP contribution in [0.25, 0.3) is 11.4 Å². The summed E-state index contributed by atoms with van der Waals surface area (Å²) in [6, 6.07) is 13.5. The molecule has 0 radical (unpaired) electrons. The molecule has 0 aliphatic rings. The van der Waals surface area contributed by atoms with Crippen molar-refractivity contribution in [2.24, 2.45) is 0 Å². The van der Waals surface area contributed by atoms with Gasteiger partial charge in [0, 0.05) is 17.8 Å². The van der Waals surface area contributed by atoms with Gasteiger partial charge in [-0.05, 0) is 43.2 Å². The highest BCUT2D eigenvalue weighted by Crippen LogP contribution is 2.27. The quantitative estimate of drug-likeness (QED) is 0.439. The molecule has 0 aliphatic carbocycles. The molecule has 0 spiro atoms. The Morgan fingerprint density at radius 1 is 1.24 bits per heavy atom. The van der Waals surface area contributed by atoms with Crippen LogP contribution in [0, 0.1) is 13.8 Å². The molecule has 6 nitrogen and oxygen atoms in total. The second-order valence-corrected chi connectivity index (χ2v) is 7.46. The van der Waals surface area contributed by atoms with Crippen molar-refractivity contribution < 1.29 is 9.53 Å². The SMILES string of the molecule is C=CCn1c(SCC(=O)Nc2cccc(C)c2C)nnc1-c1cccc(OC)c1. The van der Waals surface area contributed by atoms with Gasteiger partial charge < -0.3 is 10.1 Å². The Kier molecular flexibility index (Phi) is 6.72. The van der Waals surface area contributed by atoms with E-state index in [0.29, 0.717) is 17.5 Å². The fourth-order valence-corrected chi connectivity index (χ4v) is 3.62. The summed E-state index contributed by atoms with van der Waals surface area (Å²) in [5, 5.41) is 12.2. The fraction of sp³-hybridized carbons (Fsp3) is 0.227. The van der Waals surface area contributed by atoms with Gasteiger partial charge in [0.1, 0.15) is 5.75 Å². The number of hydrogen-bond acceptors (Lipinski definition) is 5. The van der Waals surface area contributed by atoms with Crippen molar-refractivity contribution in [1.29, 1.82) is 0 Å². The molecule has 0 atom stereocenters. The van der Waals surface area contributed by atoms with Crippen molar-refractivity contribution in [3.8, 4) is 17.1 Å². The Labute approximate surface area is 175 Å². The van der Waals surface area contributed by atoms with Gasteiger partial charge in [0.25, 0.3) is 0 Å². The normalized spacial score (nSPS) is 10.6. The lowest BCUT2D eigenvalue weighted by atomic mass is 10.1. The van der Waals surface area contributed by atoms with Crippen LogP contribution in [0.3, 0.4) is 0 Å². The lowest BCUT2D eigenvalue weighted by molar-refractivity contribution is -0.113. The Morgan fingerprint density at radius 2 is 2.03 bits per heavy atom. The highest BCUT2D eigenvalue weighted by molar-refractivity contribution is 7.99. The summed E-state index contributed by atoms with van der Waals surface area (Å²) in [4.78, 5) is 12.5. The van der Waals surface area contributed by atoms with Gasteiger partial charge in [-0.3, -0.25) is 9.36 Å². The Hall–Kier alpha value is -3.06. The molecule has 3 rings (SSSR count). The maximum Gasteiger partial charge on any atom is 0.234 e. The molecule has 3 aromatic rings. The van der Waals surface area contributed by atoms with Gasteiger partial charge in [-0.2, -0.15) is 0 Å². The number of nitrogens with one attached hydrogen (secondary N) is 1. The molecule has 7 heteroatoms. The second kappa shape index (κ2) is 9.43. The molecule has 0 unspecified atom stereocenters. The standard InChI is InChI=1S/C22H24N4O2S/c1-5-12-26-21(17-9-7-10-18(13-17)28-4)24-25-22(26)29-14-20(27)23-19-11-6-8-15(2)16(19)3/h5-11,13H,1,12,14H2,2-4H3,(H,23,27). The highest BCUT2D eigenvalue weighted by Gasteiger charge is 2.16. The van der Waals surface area contributed by atoms with Crippen LogP contribution >= 0.6 is 11.8 Å². The lowest BCUT2D eigenvalue weighted by Crippen LogP contribution is -2.15. The molecule has 29 heavy (non-hydrogen) atoms. The van der Waals surface area contributed by atoms with Crippen LogP contribution in [0.5, 0.6) is 5.75 Å². The summed E-state index contributed by atoms with van der Waals surface area (Å²) >= 11 is 1.35. The Morgan fingerprint density at radius 3 is 2.79 bits per heavy atom. The first-order valence-electron chi connectivity index (χ1n) is 9.21. The number of amides is 1. The van der Waals surface area contributed by atoms with Crippen molar-refractivity contribution in [3.05, 3.63) is 66.2 Å². The number of methoxy groups -OCH3 is 1. The molecule has 2 aromatic carbocycles.